The van der Waals surface area contributed by atoms with Gasteiger partial charge in [0.25, 0.3) is 5.91 Å². The quantitative estimate of drug-likeness (QED) is 0.0595. The molecule has 244 valence electrons. The maximum absolute atomic E-state index is 13.2. The number of hydrogen-bond donors (Lipinski definition) is 12. The molecular formula is C26H46N8O9. The fraction of sp³-hybridized carbons (Fsp3) is 0.769. The number of nitrogens with one attached hydrogen (secondary N) is 5. The molecule has 0 aromatic heterocycles. The number of ether oxygens (including phenoxy) is 4. The summed E-state index contributed by atoms with van der Waals surface area (Å²) in [6.45, 7) is 3.09. The molecule has 17 nitrogen and oxygen atoms in total. The Hall–Kier alpha value is -2.58. The predicted octanol–water partition coefficient (Wildman–Crippen LogP) is -4.37. The van der Waals surface area contributed by atoms with Crippen LogP contribution < -0.4 is 38.5 Å². The SMILES string of the molecule is CCNCC1=CC[C@@H](N)[C@@H](OC2[C@@H](N)C[C@@H](NC(=O)C3(O)CC3NC(=N)N)[C@H](O[C@H]3OC/C(=C/O)[C@H](NC)[C@H]3O)[C@H]2O)O1. The van der Waals surface area contributed by atoms with Gasteiger partial charge in [-0.25, -0.2) is 0 Å². The zero-order valence-electron chi connectivity index (χ0n) is 24.3. The van der Waals surface area contributed by atoms with Crippen molar-refractivity contribution in [1.29, 1.82) is 5.41 Å². The van der Waals surface area contributed by atoms with Crippen molar-refractivity contribution in [2.24, 2.45) is 17.2 Å². The first-order valence-corrected chi connectivity index (χ1v) is 14.4. The van der Waals surface area contributed by atoms with E-state index in [-0.39, 0.29) is 19.4 Å². The highest BCUT2D eigenvalue weighted by molar-refractivity contribution is 5.91. The molecule has 3 unspecified atom stereocenters. The van der Waals surface area contributed by atoms with Gasteiger partial charge in [-0.2, -0.15) is 0 Å². The average molecular weight is 615 g/mol. The van der Waals surface area contributed by atoms with Gasteiger partial charge in [-0.05, 0) is 32.5 Å². The van der Waals surface area contributed by atoms with Crippen molar-refractivity contribution >= 4 is 11.9 Å². The summed E-state index contributed by atoms with van der Waals surface area (Å²) in [6.07, 6.45) is -4.02. The second-order valence-corrected chi connectivity index (χ2v) is 11.4. The molecule has 0 aromatic carbocycles. The lowest BCUT2D eigenvalue weighted by Gasteiger charge is -2.47. The van der Waals surface area contributed by atoms with Crippen LogP contribution in [-0.2, 0) is 23.7 Å². The highest BCUT2D eigenvalue weighted by atomic mass is 16.7. The number of carbonyl (C=O) groups excluding carboxylic acids is 1. The molecule has 2 aliphatic heterocycles. The van der Waals surface area contributed by atoms with Crippen LogP contribution in [0.4, 0.5) is 0 Å². The van der Waals surface area contributed by atoms with E-state index >= 15 is 0 Å². The molecule has 4 aliphatic rings. The van der Waals surface area contributed by atoms with Crippen LogP contribution in [-0.4, -0.2) is 132 Å². The molecule has 0 spiro atoms. The van der Waals surface area contributed by atoms with Crippen LogP contribution in [0.15, 0.2) is 23.7 Å². The molecule has 43 heavy (non-hydrogen) atoms. The predicted molar refractivity (Wildman–Crippen MR) is 152 cm³/mol. The van der Waals surface area contributed by atoms with Gasteiger partial charge >= 0.3 is 0 Å². The van der Waals surface area contributed by atoms with Crippen LogP contribution in [0.2, 0.25) is 0 Å². The molecule has 0 aromatic rings. The normalized spacial score (nSPS) is 42.1. The minimum Gasteiger partial charge on any atom is -0.515 e. The number of aliphatic hydroxyl groups is 4. The Labute approximate surface area is 249 Å². The first kappa shape index (κ1) is 33.3. The summed E-state index contributed by atoms with van der Waals surface area (Å²) in [5, 5.41) is 61.6. The van der Waals surface area contributed by atoms with E-state index in [9.17, 15) is 25.2 Å². The van der Waals surface area contributed by atoms with Crippen molar-refractivity contribution in [3.63, 3.8) is 0 Å². The number of amides is 1. The molecule has 0 radical (unpaired) electrons. The van der Waals surface area contributed by atoms with Gasteiger partial charge in [-0.15, -0.1) is 0 Å². The van der Waals surface area contributed by atoms with E-state index in [1.807, 2.05) is 13.0 Å². The lowest BCUT2D eigenvalue weighted by atomic mass is 9.83. The lowest BCUT2D eigenvalue weighted by Crippen LogP contribution is -2.68. The maximum Gasteiger partial charge on any atom is 0.254 e. The molecule has 15 N–H and O–H groups in total. The third-order valence-corrected chi connectivity index (χ3v) is 8.27. The Bertz CT molecular complexity index is 1070. The van der Waals surface area contributed by atoms with E-state index in [1.54, 1.807) is 7.05 Å². The fourth-order valence-corrected chi connectivity index (χ4v) is 5.69. The highest BCUT2D eigenvalue weighted by Crippen LogP contribution is 2.37. The van der Waals surface area contributed by atoms with Gasteiger partial charge in [0.2, 0.25) is 6.29 Å². The summed E-state index contributed by atoms with van der Waals surface area (Å²) in [5.74, 6) is -0.528. The second-order valence-electron chi connectivity index (χ2n) is 11.4. The number of hydrogen-bond acceptors (Lipinski definition) is 14. The number of aliphatic hydroxyl groups excluding tert-OH is 3. The number of likely N-dealkylation sites (N-methyl/N-ethyl adjacent to an activating group) is 2. The van der Waals surface area contributed by atoms with Crippen molar-refractivity contribution in [1.82, 2.24) is 21.3 Å². The van der Waals surface area contributed by atoms with Gasteiger partial charge in [0.15, 0.2) is 17.9 Å². The van der Waals surface area contributed by atoms with Crippen molar-refractivity contribution in [3.8, 4) is 0 Å². The minimum absolute atomic E-state index is 0.0151. The summed E-state index contributed by atoms with van der Waals surface area (Å²) < 4.78 is 23.9. The van der Waals surface area contributed by atoms with Gasteiger partial charge in [0.05, 0.1) is 43.6 Å². The molecule has 2 heterocycles. The standard InChI is InChI=1S/C26H46N8O9/c1-3-32-8-12-4-5-13(27)22(41-12)42-20-14(28)6-15(33-24(38)26(39)7-16(26)34-25(29)30)21(19(20)37)43-23-18(36)17(31-2)11(9-35)10-40-23/h4,9,13-23,31-32,35-37,39H,3,5-8,10,27-28H2,1-2H3,(H,33,38)(H4,29,30,34)/b11-9-/t13-,14+,15-,16?,17+,18-,19+,20?,21+,22-,23-,26?/m1/s1. The van der Waals surface area contributed by atoms with Gasteiger partial charge in [-0.1, -0.05) is 6.92 Å². The number of nitrogens with two attached hydrogens (primary N) is 3. The van der Waals surface area contributed by atoms with Crippen LogP contribution in [0.3, 0.4) is 0 Å². The third-order valence-electron chi connectivity index (χ3n) is 8.27. The van der Waals surface area contributed by atoms with Crippen molar-refractivity contribution < 1.29 is 44.2 Å². The van der Waals surface area contributed by atoms with Crippen molar-refractivity contribution in [3.05, 3.63) is 23.7 Å². The lowest BCUT2D eigenvalue weighted by molar-refractivity contribution is -0.275. The molecule has 1 saturated heterocycles. The summed E-state index contributed by atoms with van der Waals surface area (Å²) in [7, 11) is 1.59. The Balaban J connectivity index is 1.53. The van der Waals surface area contributed by atoms with E-state index in [4.69, 9.17) is 41.6 Å². The van der Waals surface area contributed by atoms with Crippen molar-refractivity contribution in [2.45, 2.75) is 99.0 Å². The topological polar surface area (TPSA) is 285 Å². The molecule has 0 bridgehead atoms. The smallest absolute Gasteiger partial charge is 0.254 e. The number of carbonyl (C=O) groups is 1. The van der Waals surface area contributed by atoms with E-state index in [0.717, 1.165) is 12.8 Å². The monoisotopic (exact) mass is 614 g/mol. The summed E-state index contributed by atoms with van der Waals surface area (Å²) in [4.78, 5) is 13.2. The Kier molecular flexibility index (Phi) is 10.9. The molecule has 12 atom stereocenters. The average Bonchev–Trinajstić information content (AvgIpc) is 3.62. The van der Waals surface area contributed by atoms with Crippen LogP contribution in [0, 0.1) is 5.41 Å². The second kappa shape index (κ2) is 14.0. The first-order valence-electron chi connectivity index (χ1n) is 14.4. The molecule has 1 amide bonds. The van der Waals surface area contributed by atoms with E-state index in [0.29, 0.717) is 24.3 Å². The molecule has 2 saturated carbocycles. The van der Waals surface area contributed by atoms with E-state index < -0.39 is 84.7 Å². The number of rotatable bonds is 11. The largest absolute Gasteiger partial charge is 0.515 e. The van der Waals surface area contributed by atoms with E-state index in [2.05, 4.69) is 21.3 Å². The zero-order chi connectivity index (χ0) is 31.5. The van der Waals surface area contributed by atoms with Crippen LogP contribution in [0.25, 0.3) is 0 Å². The number of guanidine groups is 1. The minimum atomic E-state index is -1.84. The Morgan fingerprint density at radius 3 is 2.56 bits per heavy atom. The molecule has 4 rings (SSSR count). The molecule has 3 fully saturated rings. The third kappa shape index (κ3) is 7.39. The summed E-state index contributed by atoms with van der Waals surface area (Å²) in [5.41, 5.74) is 16.6. The summed E-state index contributed by atoms with van der Waals surface area (Å²) >= 11 is 0. The maximum atomic E-state index is 13.2. The molecule has 2 aliphatic carbocycles. The van der Waals surface area contributed by atoms with Crippen molar-refractivity contribution in [2.75, 3.05) is 26.7 Å². The Morgan fingerprint density at radius 2 is 1.91 bits per heavy atom. The van der Waals surface area contributed by atoms with Gasteiger partial charge in [0, 0.05) is 18.0 Å². The Morgan fingerprint density at radius 1 is 1.19 bits per heavy atom. The van der Waals surface area contributed by atoms with Crippen LogP contribution in [0.1, 0.15) is 26.2 Å². The molecular weight excluding hydrogens is 568 g/mol. The zero-order valence-corrected chi connectivity index (χ0v) is 24.3. The molecule has 17 heteroatoms. The first-order chi connectivity index (χ1) is 20.4. The van der Waals surface area contributed by atoms with E-state index in [1.165, 1.54) is 0 Å². The fourth-order valence-electron chi connectivity index (χ4n) is 5.69. The van der Waals surface area contributed by atoms with Crippen LogP contribution >= 0.6 is 0 Å². The van der Waals surface area contributed by atoms with Gasteiger partial charge in [-0.3, -0.25) is 10.2 Å². The van der Waals surface area contributed by atoms with Gasteiger partial charge < -0.3 is 77.8 Å². The van der Waals surface area contributed by atoms with Crippen LogP contribution in [0.5, 0.6) is 0 Å². The van der Waals surface area contributed by atoms with Gasteiger partial charge in [0.1, 0.15) is 30.2 Å². The highest BCUT2D eigenvalue weighted by Gasteiger charge is 2.61. The summed E-state index contributed by atoms with van der Waals surface area (Å²) in [6, 6.07) is -3.80.